The summed E-state index contributed by atoms with van der Waals surface area (Å²) in [6, 6.07) is 15.3. The zero-order valence-electron chi connectivity index (χ0n) is 18.8. The maximum atomic E-state index is 12.4. The monoisotopic (exact) mass is 426 g/mol. The molecule has 6 heteroatoms. The fourth-order valence-corrected chi connectivity index (χ4v) is 3.06. The fourth-order valence-electron chi connectivity index (χ4n) is 3.06. The van der Waals surface area contributed by atoms with Gasteiger partial charge in [0, 0.05) is 12.8 Å². The number of unbranched alkanes of at least 4 members (excludes halogenated alkanes) is 2. The maximum Gasteiger partial charge on any atom is 0.221 e. The van der Waals surface area contributed by atoms with Crippen LogP contribution in [0.3, 0.4) is 0 Å². The van der Waals surface area contributed by atoms with Crippen molar-refractivity contribution in [3.8, 4) is 11.5 Å². The summed E-state index contributed by atoms with van der Waals surface area (Å²) in [5.41, 5.74) is 1.77. The molecule has 0 unspecified atom stereocenters. The van der Waals surface area contributed by atoms with E-state index < -0.39 is 6.17 Å². The van der Waals surface area contributed by atoms with E-state index in [-0.39, 0.29) is 11.8 Å². The van der Waals surface area contributed by atoms with Crippen molar-refractivity contribution in [3.05, 3.63) is 59.7 Å². The van der Waals surface area contributed by atoms with Crippen LogP contribution in [0.4, 0.5) is 0 Å². The molecule has 0 aliphatic heterocycles. The van der Waals surface area contributed by atoms with Crippen LogP contribution in [0.5, 0.6) is 11.5 Å². The Bertz CT molecular complexity index is 802. The Hall–Kier alpha value is -3.02. The van der Waals surface area contributed by atoms with Crippen molar-refractivity contribution in [1.29, 1.82) is 0 Å². The van der Waals surface area contributed by atoms with Crippen LogP contribution >= 0.6 is 0 Å². The van der Waals surface area contributed by atoms with Crippen molar-refractivity contribution in [2.75, 3.05) is 7.11 Å². The molecule has 0 fully saturated rings. The predicted octanol–water partition coefficient (Wildman–Crippen LogP) is 4.89. The number of hydrogen-bond acceptors (Lipinski definition) is 4. The molecule has 0 aliphatic carbocycles. The van der Waals surface area contributed by atoms with Gasteiger partial charge in [0.2, 0.25) is 11.8 Å². The van der Waals surface area contributed by atoms with Crippen molar-refractivity contribution in [3.63, 3.8) is 0 Å². The summed E-state index contributed by atoms with van der Waals surface area (Å²) in [4.78, 5) is 24.8. The van der Waals surface area contributed by atoms with Gasteiger partial charge in [-0.15, -0.1) is 0 Å². The van der Waals surface area contributed by atoms with E-state index in [2.05, 4.69) is 10.6 Å². The molecule has 2 N–H and O–H groups in total. The second-order valence-corrected chi connectivity index (χ2v) is 7.46. The van der Waals surface area contributed by atoms with Gasteiger partial charge in [-0.3, -0.25) is 9.59 Å². The van der Waals surface area contributed by atoms with Gasteiger partial charge in [-0.25, -0.2) is 0 Å². The van der Waals surface area contributed by atoms with E-state index in [1.165, 1.54) is 0 Å². The Morgan fingerprint density at radius 3 is 2.03 bits per heavy atom. The quantitative estimate of drug-likeness (QED) is 0.447. The molecule has 0 bridgehead atoms. The van der Waals surface area contributed by atoms with E-state index in [4.69, 9.17) is 9.47 Å². The number of benzene rings is 2. The zero-order chi connectivity index (χ0) is 22.5. The van der Waals surface area contributed by atoms with Gasteiger partial charge in [-0.1, -0.05) is 63.1 Å². The molecule has 2 aromatic carbocycles. The van der Waals surface area contributed by atoms with E-state index in [0.717, 1.165) is 36.8 Å². The first kappa shape index (κ1) is 24.3. The molecule has 6 nitrogen and oxygen atoms in total. The maximum absolute atomic E-state index is 12.4. The average molecular weight is 427 g/mol. The van der Waals surface area contributed by atoms with Gasteiger partial charge in [0.15, 0.2) is 11.5 Å². The van der Waals surface area contributed by atoms with Crippen LogP contribution in [0.15, 0.2) is 48.5 Å². The second kappa shape index (κ2) is 13.3. The van der Waals surface area contributed by atoms with Crippen molar-refractivity contribution < 1.29 is 19.1 Å². The molecule has 2 aromatic rings. The third kappa shape index (κ3) is 8.32. The highest BCUT2D eigenvalue weighted by atomic mass is 16.5. The smallest absolute Gasteiger partial charge is 0.221 e. The lowest BCUT2D eigenvalue weighted by molar-refractivity contribution is -0.124. The highest BCUT2D eigenvalue weighted by Gasteiger charge is 2.19. The molecular formula is C25H34N2O4. The third-order valence-electron chi connectivity index (χ3n) is 4.88. The van der Waals surface area contributed by atoms with Crippen LogP contribution in [0.2, 0.25) is 0 Å². The molecule has 0 saturated carbocycles. The van der Waals surface area contributed by atoms with Gasteiger partial charge in [0.1, 0.15) is 12.8 Å². The second-order valence-electron chi connectivity index (χ2n) is 7.46. The lowest BCUT2D eigenvalue weighted by Gasteiger charge is -2.22. The minimum atomic E-state index is -0.626. The van der Waals surface area contributed by atoms with Crippen molar-refractivity contribution in [1.82, 2.24) is 10.6 Å². The lowest BCUT2D eigenvalue weighted by atomic mass is 10.1. The number of carbonyl (C=O) groups excluding carboxylic acids is 2. The first-order valence-electron chi connectivity index (χ1n) is 11.0. The number of methoxy groups -OCH3 is 1. The summed E-state index contributed by atoms with van der Waals surface area (Å²) < 4.78 is 11.4. The summed E-state index contributed by atoms with van der Waals surface area (Å²) >= 11 is 0. The molecule has 2 rings (SSSR count). The van der Waals surface area contributed by atoms with Gasteiger partial charge in [0.25, 0.3) is 0 Å². The van der Waals surface area contributed by atoms with E-state index >= 15 is 0 Å². The molecule has 31 heavy (non-hydrogen) atoms. The molecule has 0 spiro atoms. The van der Waals surface area contributed by atoms with Crippen molar-refractivity contribution in [2.45, 2.75) is 65.1 Å². The Morgan fingerprint density at radius 1 is 0.871 bits per heavy atom. The molecular weight excluding hydrogens is 392 g/mol. The minimum Gasteiger partial charge on any atom is -0.493 e. The number of carbonyl (C=O) groups is 2. The molecule has 168 valence electrons. The summed E-state index contributed by atoms with van der Waals surface area (Å²) in [5, 5.41) is 5.89. The number of amides is 2. The van der Waals surface area contributed by atoms with Crippen LogP contribution in [-0.4, -0.2) is 18.9 Å². The Balaban J connectivity index is 2.21. The van der Waals surface area contributed by atoms with Crippen LogP contribution in [0.25, 0.3) is 0 Å². The van der Waals surface area contributed by atoms with Gasteiger partial charge in [-0.2, -0.15) is 0 Å². The fraction of sp³-hybridized carbons (Fsp3) is 0.440. The summed E-state index contributed by atoms with van der Waals surface area (Å²) in [6.07, 6.45) is 3.68. The number of ether oxygens (including phenoxy) is 2. The molecule has 0 aromatic heterocycles. The SMILES string of the molecule is CCCCC(=O)NC(NC(=O)CCCC)c1ccc(OC)c(OCc2ccccc2)c1. The Labute approximate surface area is 185 Å². The summed E-state index contributed by atoms with van der Waals surface area (Å²) in [6.45, 7) is 4.46. The Morgan fingerprint density at radius 2 is 1.48 bits per heavy atom. The van der Waals surface area contributed by atoms with Crippen LogP contribution in [0.1, 0.15) is 69.7 Å². The van der Waals surface area contributed by atoms with Crippen LogP contribution < -0.4 is 20.1 Å². The molecule has 0 atom stereocenters. The zero-order valence-corrected chi connectivity index (χ0v) is 18.8. The number of rotatable bonds is 13. The van der Waals surface area contributed by atoms with E-state index in [1.54, 1.807) is 13.2 Å². The van der Waals surface area contributed by atoms with Crippen LogP contribution in [-0.2, 0) is 16.2 Å². The molecule has 0 saturated heterocycles. The normalized spacial score (nSPS) is 10.6. The first-order valence-corrected chi connectivity index (χ1v) is 11.0. The average Bonchev–Trinajstić information content (AvgIpc) is 2.80. The van der Waals surface area contributed by atoms with Crippen LogP contribution in [0, 0.1) is 0 Å². The highest BCUT2D eigenvalue weighted by Crippen LogP contribution is 2.30. The molecule has 0 aliphatic rings. The van der Waals surface area contributed by atoms with Crippen molar-refractivity contribution in [2.24, 2.45) is 0 Å². The lowest BCUT2D eigenvalue weighted by Crippen LogP contribution is -2.41. The first-order chi connectivity index (χ1) is 15.1. The predicted molar refractivity (Wildman–Crippen MR) is 122 cm³/mol. The van der Waals surface area contributed by atoms with Gasteiger partial charge >= 0.3 is 0 Å². The molecule has 0 radical (unpaired) electrons. The number of hydrogen-bond donors (Lipinski definition) is 2. The Kier molecular flexibility index (Phi) is 10.4. The van der Waals surface area contributed by atoms with Gasteiger partial charge in [0.05, 0.1) is 7.11 Å². The summed E-state index contributed by atoms with van der Waals surface area (Å²) in [7, 11) is 1.58. The highest BCUT2D eigenvalue weighted by molar-refractivity contribution is 5.79. The van der Waals surface area contributed by atoms with Gasteiger partial charge in [-0.05, 0) is 36.1 Å². The molecule has 2 amide bonds. The van der Waals surface area contributed by atoms with E-state index in [1.807, 2.05) is 56.3 Å². The van der Waals surface area contributed by atoms with E-state index in [9.17, 15) is 9.59 Å². The standard InChI is InChI=1S/C25H34N2O4/c1-4-6-13-23(28)26-25(27-24(29)14-7-5-2)20-15-16-21(30-3)22(17-20)31-18-19-11-9-8-10-12-19/h8-12,15-17,25H,4-7,13-14,18H2,1-3H3,(H,26,28)(H,27,29). The third-order valence-corrected chi connectivity index (χ3v) is 4.88. The summed E-state index contributed by atoms with van der Waals surface area (Å²) in [5.74, 6) is 0.961. The van der Waals surface area contributed by atoms with E-state index in [0.29, 0.717) is 30.9 Å². The van der Waals surface area contributed by atoms with Crippen molar-refractivity contribution >= 4 is 11.8 Å². The number of nitrogens with one attached hydrogen (secondary N) is 2. The topological polar surface area (TPSA) is 76.7 Å². The molecule has 0 heterocycles. The largest absolute Gasteiger partial charge is 0.493 e. The van der Waals surface area contributed by atoms with Gasteiger partial charge < -0.3 is 20.1 Å². The minimum absolute atomic E-state index is 0.0924.